The standard InChI is InChI=1S/C20H22F3NO6S/c1-19(2,3)29-17(18(25)26)15-14-10-24(4)9-13(14)11-7-5-6-8-12(11)16(15)30-31(27,28)20(21,22)23/h5-8,17H,9-10H2,1-4H3,(H,25,26). The first-order valence-electron chi connectivity index (χ1n) is 9.28. The number of carboxylic acids is 1. The van der Waals surface area contributed by atoms with E-state index in [4.69, 9.17) is 4.74 Å². The summed E-state index contributed by atoms with van der Waals surface area (Å²) in [6.45, 7) is 5.35. The molecule has 0 spiro atoms. The van der Waals surface area contributed by atoms with Crippen LogP contribution >= 0.6 is 0 Å². The fourth-order valence-electron chi connectivity index (χ4n) is 3.62. The molecule has 170 valence electrons. The molecule has 0 saturated heterocycles. The first-order valence-corrected chi connectivity index (χ1v) is 10.7. The van der Waals surface area contributed by atoms with Crippen LogP contribution in [0.2, 0.25) is 0 Å². The SMILES string of the molecule is CN1Cc2c(C(OC(C)(C)C)C(=O)O)c(OS(=O)(=O)C(F)(F)F)c3ccccc3c2C1. The Balaban J connectivity index is 2.41. The van der Waals surface area contributed by atoms with Crippen molar-refractivity contribution in [1.29, 1.82) is 0 Å². The van der Waals surface area contributed by atoms with Gasteiger partial charge in [-0.15, -0.1) is 0 Å². The zero-order valence-electron chi connectivity index (χ0n) is 17.3. The van der Waals surface area contributed by atoms with E-state index >= 15 is 0 Å². The van der Waals surface area contributed by atoms with Crippen molar-refractivity contribution < 1.29 is 40.4 Å². The summed E-state index contributed by atoms with van der Waals surface area (Å²) in [6.07, 6.45) is -1.75. The lowest BCUT2D eigenvalue weighted by atomic mass is 9.91. The average Bonchev–Trinajstić information content (AvgIpc) is 2.99. The second-order valence-electron chi connectivity index (χ2n) is 8.35. The lowest BCUT2D eigenvalue weighted by Gasteiger charge is -2.28. The number of hydrogen-bond acceptors (Lipinski definition) is 6. The molecule has 1 N–H and O–H groups in total. The minimum Gasteiger partial charge on any atom is -0.479 e. The summed E-state index contributed by atoms with van der Waals surface area (Å²) in [5, 5.41) is 10.4. The second-order valence-corrected chi connectivity index (χ2v) is 9.89. The van der Waals surface area contributed by atoms with Gasteiger partial charge in [0.1, 0.15) is 0 Å². The van der Waals surface area contributed by atoms with Gasteiger partial charge in [0.05, 0.1) is 5.60 Å². The number of carboxylic acid groups (broad SMARTS) is 1. The molecule has 0 radical (unpaired) electrons. The summed E-state index contributed by atoms with van der Waals surface area (Å²) in [5.41, 5.74) is -5.84. The first-order chi connectivity index (χ1) is 14.1. The van der Waals surface area contributed by atoms with Crippen molar-refractivity contribution in [1.82, 2.24) is 4.90 Å². The smallest absolute Gasteiger partial charge is 0.479 e. The van der Waals surface area contributed by atoms with Gasteiger partial charge in [-0.3, -0.25) is 4.90 Å². The van der Waals surface area contributed by atoms with E-state index in [9.17, 15) is 31.5 Å². The van der Waals surface area contributed by atoms with Gasteiger partial charge in [0.15, 0.2) is 11.9 Å². The molecule has 7 nitrogen and oxygen atoms in total. The maximum absolute atomic E-state index is 13.1. The van der Waals surface area contributed by atoms with Crippen LogP contribution in [-0.4, -0.2) is 42.6 Å². The highest BCUT2D eigenvalue weighted by atomic mass is 32.2. The molecule has 2 aromatic carbocycles. The second kappa shape index (κ2) is 7.64. The number of ether oxygens (including phenoxy) is 1. The summed E-state index contributed by atoms with van der Waals surface area (Å²) in [4.78, 5) is 14.0. The first kappa shape index (κ1) is 23.3. The number of fused-ring (bicyclic) bond motifs is 3. The number of hydrogen-bond donors (Lipinski definition) is 1. The Bertz CT molecular complexity index is 1140. The Morgan fingerprint density at radius 1 is 1.10 bits per heavy atom. The number of carbonyl (C=O) groups is 1. The van der Waals surface area contributed by atoms with Crippen molar-refractivity contribution in [3.8, 4) is 5.75 Å². The number of aliphatic carboxylic acids is 1. The van der Waals surface area contributed by atoms with E-state index in [2.05, 4.69) is 4.18 Å². The monoisotopic (exact) mass is 461 g/mol. The maximum atomic E-state index is 13.1. The molecule has 0 bridgehead atoms. The van der Waals surface area contributed by atoms with E-state index in [-0.39, 0.29) is 17.5 Å². The van der Waals surface area contributed by atoms with Crippen molar-refractivity contribution in [3.63, 3.8) is 0 Å². The van der Waals surface area contributed by atoms with Gasteiger partial charge in [-0.2, -0.15) is 21.6 Å². The third-order valence-corrected chi connectivity index (χ3v) is 5.67. The lowest BCUT2D eigenvalue weighted by Crippen LogP contribution is -2.31. The Morgan fingerprint density at radius 2 is 1.65 bits per heavy atom. The quantitative estimate of drug-likeness (QED) is 0.532. The van der Waals surface area contributed by atoms with Crippen molar-refractivity contribution >= 4 is 26.9 Å². The summed E-state index contributed by atoms with van der Waals surface area (Å²) >= 11 is 0. The highest BCUT2D eigenvalue weighted by Gasteiger charge is 2.50. The van der Waals surface area contributed by atoms with Crippen molar-refractivity contribution in [3.05, 3.63) is 41.0 Å². The van der Waals surface area contributed by atoms with Crippen LogP contribution in [0.25, 0.3) is 10.8 Å². The van der Waals surface area contributed by atoms with Crippen molar-refractivity contribution in [2.75, 3.05) is 7.05 Å². The Kier molecular flexibility index (Phi) is 5.74. The Labute approximate surface area is 177 Å². The van der Waals surface area contributed by atoms with E-state index < -0.39 is 39.1 Å². The molecule has 1 atom stereocenters. The largest absolute Gasteiger partial charge is 0.534 e. The lowest BCUT2D eigenvalue weighted by molar-refractivity contribution is -0.160. The van der Waals surface area contributed by atoms with Crippen molar-refractivity contribution in [2.45, 2.75) is 51.1 Å². The molecule has 0 saturated carbocycles. The van der Waals surface area contributed by atoms with Crippen LogP contribution in [0.15, 0.2) is 24.3 Å². The van der Waals surface area contributed by atoms with E-state index in [0.717, 1.165) is 0 Å². The predicted molar refractivity (Wildman–Crippen MR) is 106 cm³/mol. The molecule has 3 rings (SSSR count). The molecule has 31 heavy (non-hydrogen) atoms. The highest BCUT2D eigenvalue weighted by molar-refractivity contribution is 7.88. The van der Waals surface area contributed by atoms with Crippen LogP contribution in [0.5, 0.6) is 5.75 Å². The predicted octanol–water partition coefficient (Wildman–Crippen LogP) is 3.95. The summed E-state index contributed by atoms with van der Waals surface area (Å²) in [6, 6.07) is 6.19. The van der Waals surface area contributed by atoms with E-state index in [1.165, 1.54) is 12.1 Å². The summed E-state index contributed by atoms with van der Waals surface area (Å²) in [7, 11) is -4.30. The summed E-state index contributed by atoms with van der Waals surface area (Å²) in [5.74, 6) is -2.16. The van der Waals surface area contributed by atoms with Crippen LogP contribution in [-0.2, 0) is 32.7 Å². The van der Waals surface area contributed by atoms with E-state index in [1.54, 1.807) is 40.0 Å². The van der Waals surface area contributed by atoms with Crippen LogP contribution < -0.4 is 4.18 Å². The number of halogens is 3. The van der Waals surface area contributed by atoms with Gasteiger partial charge in [-0.25, -0.2) is 4.79 Å². The number of rotatable bonds is 5. The molecule has 1 heterocycles. The minimum absolute atomic E-state index is 0.0585. The normalized spacial score (nSPS) is 16.4. The zero-order chi connectivity index (χ0) is 23.4. The van der Waals surface area contributed by atoms with Crippen LogP contribution in [0.4, 0.5) is 13.2 Å². The molecule has 11 heteroatoms. The number of nitrogens with zero attached hydrogens (tertiary/aromatic N) is 1. The zero-order valence-corrected chi connectivity index (χ0v) is 18.1. The molecule has 1 aliphatic heterocycles. The van der Waals surface area contributed by atoms with E-state index in [1.807, 2.05) is 4.90 Å². The Morgan fingerprint density at radius 3 is 2.16 bits per heavy atom. The molecular formula is C20H22F3NO6S. The third kappa shape index (κ3) is 4.48. The molecule has 0 fully saturated rings. The molecule has 1 unspecified atom stereocenters. The van der Waals surface area contributed by atoms with Gasteiger partial charge in [0.25, 0.3) is 0 Å². The number of alkyl halides is 3. The third-order valence-electron chi connectivity index (χ3n) is 4.72. The van der Waals surface area contributed by atoms with Gasteiger partial charge in [-0.1, -0.05) is 24.3 Å². The van der Waals surface area contributed by atoms with Gasteiger partial charge in [0, 0.05) is 24.0 Å². The van der Waals surface area contributed by atoms with Gasteiger partial charge in [-0.05, 0) is 44.3 Å². The highest BCUT2D eigenvalue weighted by Crippen LogP contribution is 2.46. The maximum Gasteiger partial charge on any atom is 0.534 e. The van der Waals surface area contributed by atoms with Crippen LogP contribution in [0, 0.1) is 0 Å². The molecule has 1 aliphatic rings. The van der Waals surface area contributed by atoms with E-state index in [0.29, 0.717) is 23.1 Å². The van der Waals surface area contributed by atoms with Crippen molar-refractivity contribution in [2.24, 2.45) is 0 Å². The number of benzene rings is 2. The molecule has 0 amide bonds. The fourth-order valence-corrected chi connectivity index (χ4v) is 4.11. The van der Waals surface area contributed by atoms with Gasteiger partial charge >= 0.3 is 21.6 Å². The molecule has 0 aromatic heterocycles. The molecule has 2 aromatic rings. The molecular weight excluding hydrogens is 439 g/mol. The Hall–Kier alpha value is -2.37. The average molecular weight is 461 g/mol. The fraction of sp³-hybridized carbons (Fsp3) is 0.450. The minimum atomic E-state index is -6.06. The van der Waals surface area contributed by atoms with Gasteiger partial charge < -0.3 is 14.0 Å². The molecule has 0 aliphatic carbocycles. The van der Waals surface area contributed by atoms with Crippen LogP contribution in [0.3, 0.4) is 0 Å². The van der Waals surface area contributed by atoms with Gasteiger partial charge in [0.2, 0.25) is 0 Å². The summed E-state index contributed by atoms with van der Waals surface area (Å²) < 4.78 is 73.5. The van der Waals surface area contributed by atoms with Crippen LogP contribution in [0.1, 0.15) is 43.6 Å². The topological polar surface area (TPSA) is 93.1 Å².